The molecule has 1 aromatic carbocycles. The molecule has 0 aliphatic carbocycles. The van der Waals surface area contributed by atoms with Gasteiger partial charge in [0.1, 0.15) is 13.8 Å². The minimum atomic E-state index is -1.58. The normalized spacial score (nSPS) is 11.6. The van der Waals surface area contributed by atoms with Crippen molar-refractivity contribution in [3.05, 3.63) is 42.0 Å². The zero-order valence-corrected chi connectivity index (χ0v) is 13.5. The zero-order chi connectivity index (χ0) is 14.6. The number of hydrogen-bond donors (Lipinski definition) is 0. The fourth-order valence-corrected chi connectivity index (χ4v) is 6.17. The number of rotatable bonds is 6. The molecule has 2 nitrogen and oxygen atoms in total. The number of carbonyl (C=O) groups excluding carboxylic acids is 1. The molecule has 0 aliphatic rings. The third-order valence-corrected chi connectivity index (χ3v) is 9.83. The van der Waals surface area contributed by atoms with E-state index in [1.54, 1.807) is 0 Å². The second-order valence-electron chi connectivity index (χ2n) is 5.22. The lowest BCUT2D eigenvalue weighted by Gasteiger charge is -2.24. The van der Waals surface area contributed by atoms with Crippen molar-refractivity contribution in [3.63, 3.8) is 0 Å². The molecule has 0 aliphatic heterocycles. The highest BCUT2D eigenvalue weighted by atomic mass is 28.3. The predicted molar refractivity (Wildman–Crippen MR) is 86.4 cm³/mol. The summed E-state index contributed by atoms with van der Waals surface area (Å²) in [6, 6.07) is 15.3. The summed E-state index contributed by atoms with van der Waals surface area (Å²) in [5, 5.41) is 1.07. The molecule has 0 radical (unpaired) electrons. The van der Waals surface area contributed by atoms with E-state index in [9.17, 15) is 4.79 Å². The molecule has 106 valence electrons. The quantitative estimate of drug-likeness (QED) is 0.579. The monoisotopic (exact) mass is 286 g/mol. The van der Waals surface area contributed by atoms with Crippen LogP contribution in [-0.2, 0) is 0 Å². The van der Waals surface area contributed by atoms with Crippen molar-refractivity contribution >= 4 is 19.7 Å². The van der Waals surface area contributed by atoms with Crippen LogP contribution in [0.1, 0.15) is 31.1 Å². The highest BCUT2D eigenvalue weighted by Crippen LogP contribution is 2.27. The van der Waals surface area contributed by atoms with Crippen LogP contribution in [0.25, 0.3) is 11.3 Å². The average molecular weight is 286 g/mol. The summed E-state index contributed by atoms with van der Waals surface area (Å²) < 4.78 is 6.16. The summed E-state index contributed by atoms with van der Waals surface area (Å²) in [5.74, 6) is 0.725. The largest absolute Gasteiger partial charge is 0.465 e. The van der Waals surface area contributed by atoms with Gasteiger partial charge in [-0.1, -0.05) is 69.2 Å². The SMILES string of the molecule is CC[Si](CC)(CC)c1cc(C=O)c(-c2ccccc2)o1. The molecule has 2 aromatic rings. The summed E-state index contributed by atoms with van der Waals surface area (Å²) in [4.78, 5) is 11.4. The van der Waals surface area contributed by atoms with E-state index in [1.165, 1.54) is 0 Å². The average Bonchev–Trinajstić information content (AvgIpc) is 2.95. The first-order valence-electron chi connectivity index (χ1n) is 7.35. The van der Waals surface area contributed by atoms with Crippen molar-refractivity contribution in [1.29, 1.82) is 0 Å². The summed E-state index contributed by atoms with van der Waals surface area (Å²) >= 11 is 0. The van der Waals surface area contributed by atoms with Gasteiger partial charge in [0, 0.05) is 5.56 Å². The fourth-order valence-electron chi connectivity index (χ4n) is 2.84. The number of carbonyl (C=O) groups is 1. The fraction of sp³-hybridized carbons (Fsp3) is 0.353. The Balaban J connectivity index is 2.54. The molecule has 1 heterocycles. The van der Waals surface area contributed by atoms with E-state index in [4.69, 9.17) is 4.42 Å². The Kier molecular flexibility index (Phi) is 4.60. The molecule has 0 unspecified atom stereocenters. The van der Waals surface area contributed by atoms with Gasteiger partial charge in [-0.15, -0.1) is 0 Å². The standard InChI is InChI=1S/C17H22O2Si/c1-4-20(5-2,6-3)16-12-15(13-18)17(19-16)14-10-8-7-9-11-14/h7-13H,4-6H2,1-3H3. The van der Waals surface area contributed by atoms with E-state index < -0.39 is 8.07 Å². The second-order valence-corrected chi connectivity index (χ2v) is 10.4. The maximum Gasteiger partial charge on any atom is 0.153 e. The van der Waals surface area contributed by atoms with Crippen molar-refractivity contribution in [2.75, 3.05) is 0 Å². The van der Waals surface area contributed by atoms with Crippen molar-refractivity contribution in [3.8, 4) is 11.3 Å². The van der Waals surface area contributed by atoms with Crippen LogP contribution >= 0.6 is 0 Å². The van der Waals surface area contributed by atoms with Crippen molar-refractivity contribution in [1.82, 2.24) is 0 Å². The summed E-state index contributed by atoms with van der Waals surface area (Å²) in [7, 11) is -1.58. The maximum absolute atomic E-state index is 11.4. The van der Waals surface area contributed by atoms with Gasteiger partial charge in [0.2, 0.25) is 0 Å². The van der Waals surface area contributed by atoms with E-state index >= 15 is 0 Å². The molecule has 0 fully saturated rings. The lowest BCUT2D eigenvalue weighted by molar-refractivity contribution is 0.112. The van der Waals surface area contributed by atoms with Crippen LogP contribution < -0.4 is 5.38 Å². The van der Waals surface area contributed by atoms with Crippen molar-refractivity contribution < 1.29 is 9.21 Å². The minimum absolute atomic E-state index is 0.679. The third-order valence-electron chi connectivity index (χ3n) is 4.48. The molecule has 1 aromatic heterocycles. The molecule has 0 spiro atoms. The van der Waals surface area contributed by atoms with E-state index in [0.717, 1.165) is 41.1 Å². The molecule has 0 bridgehead atoms. The van der Waals surface area contributed by atoms with E-state index in [0.29, 0.717) is 5.56 Å². The summed E-state index contributed by atoms with van der Waals surface area (Å²) in [6.45, 7) is 6.72. The molecule has 2 rings (SSSR count). The van der Waals surface area contributed by atoms with Gasteiger partial charge in [0.25, 0.3) is 0 Å². The van der Waals surface area contributed by atoms with Gasteiger partial charge in [0.05, 0.1) is 10.9 Å². The first-order valence-corrected chi connectivity index (χ1v) is 9.97. The van der Waals surface area contributed by atoms with E-state index in [2.05, 4.69) is 20.8 Å². The van der Waals surface area contributed by atoms with Gasteiger partial charge in [-0.05, 0) is 6.07 Å². The Hall–Kier alpha value is -1.61. The number of benzene rings is 1. The highest BCUT2D eigenvalue weighted by molar-refractivity contribution is 6.90. The molecule has 0 saturated heterocycles. The van der Waals surface area contributed by atoms with Crippen LogP contribution in [0.2, 0.25) is 18.1 Å². The Morgan fingerprint density at radius 3 is 2.15 bits per heavy atom. The molecule has 20 heavy (non-hydrogen) atoms. The van der Waals surface area contributed by atoms with E-state index in [-0.39, 0.29) is 0 Å². The molecule has 0 atom stereocenters. The van der Waals surface area contributed by atoms with Gasteiger partial charge < -0.3 is 4.42 Å². The third kappa shape index (κ3) is 2.50. The first-order chi connectivity index (χ1) is 9.70. The molecular formula is C17H22O2Si. The maximum atomic E-state index is 11.4. The number of aldehydes is 1. The lowest BCUT2D eigenvalue weighted by Crippen LogP contribution is -2.44. The van der Waals surface area contributed by atoms with Gasteiger partial charge in [-0.25, -0.2) is 0 Å². The number of furan rings is 1. The van der Waals surface area contributed by atoms with Gasteiger partial charge in [0.15, 0.2) is 6.29 Å². The summed E-state index contributed by atoms with van der Waals surface area (Å²) in [5.41, 5.74) is 1.66. The molecule has 0 N–H and O–H groups in total. The smallest absolute Gasteiger partial charge is 0.153 e. The summed E-state index contributed by atoms with van der Waals surface area (Å²) in [6.07, 6.45) is 0.912. The van der Waals surface area contributed by atoms with E-state index in [1.807, 2.05) is 36.4 Å². The number of hydrogen-bond acceptors (Lipinski definition) is 2. The Morgan fingerprint density at radius 1 is 1.05 bits per heavy atom. The van der Waals surface area contributed by atoms with Gasteiger partial charge in [-0.2, -0.15) is 0 Å². The van der Waals surface area contributed by atoms with Crippen LogP contribution in [0.4, 0.5) is 0 Å². The molecule has 0 saturated carbocycles. The second kappa shape index (κ2) is 6.22. The topological polar surface area (TPSA) is 30.2 Å². The van der Waals surface area contributed by atoms with Crippen LogP contribution in [-0.4, -0.2) is 14.4 Å². The van der Waals surface area contributed by atoms with Crippen LogP contribution in [0, 0.1) is 0 Å². The van der Waals surface area contributed by atoms with Crippen LogP contribution in [0.5, 0.6) is 0 Å². The molecular weight excluding hydrogens is 264 g/mol. The zero-order valence-electron chi connectivity index (χ0n) is 12.5. The van der Waals surface area contributed by atoms with Crippen molar-refractivity contribution in [2.45, 2.75) is 38.9 Å². The highest BCUT2D eigenvalue weighted by Gasteiger charge is 2.34. The first kappa shape index (κ1) is 14.8. The van der Waals surface area contributed by atoms with Gasteiger partial charge >= 0.3 is 0 Å². The Bertz CT molecular complexity index is 560. The predicted octanol–water partition coefficient (Wildman–Crippen LogP) is 4.47. The minimum Gasteiger partial charge on any atom is -0.465 e. The molecule has 0 amide bonds. The Morgan fingerprint density at radius 2 is 1.65 bits per heavy atom. The lowest BCUT2D eigenvalue weighted by atomic mass is 10.1. The van der Waals surface area contributed by atoms with Crippen molar-refractivity contribution in [2.24, 2.45) is 0 Å². The van der Waals surface area contributed by atoms with Crippen LogP contribution in [0.3, 0.4) is 0 Å². The van der Waals surface area contributed by atoms with Gasteiger partial charge in [-0.3, -0.25) is 4.79 Å². The molecule has 3 heteroatoms. The Labute approximate surface area is 121 Å². The van der Waals surface area contributed by atoms with Crippen LogP contribution in [0.15, 0.2) is 40.8 Å².